The van der Waals surface area contributed by atoms with E-state index in [0.29, 0.717) is 0 Å². The standard InChI is InChI=1S/C10H21NO/c1-10-6-5-8-11(10)7-3-4-9-12-2/h10H,3-9H2,1-2H3. The quantitative estimate of drug-likeness (QED) is 0.586. The predicted octanol–water partition coefficient (Wildman–Crippen LogP) is 1.90. The molecule has 1 saturated heterocycles. The fraction of sp³-hybridized carbons (Fsp3) is 1.00. The van der Waals surface area contributed by atoms with Crippen molar-refractivity contribution in [2.24, 2.45) is 0 Å². The summed E-state index contributed by atoms with van der Waals surface area (Å²) in [6.07, 6.45) is 5.29. The topological polar surface area (TPSA) is 12.5 Å². The Kier molecular flexibility index (Phi) is 4.62. The minimum atomic E-state index is 0.826. The average Bonchev–Trinajstić information content (AvgIpc) is 2.46. The van der Waals surface area contributed by atoms with Crippen LogP contribution in [0.1, 0.15) is 32.6 Å². The maximum atomic E-state index is 5.01. The average molecular weight is 171 g/mol. The van der Waals surface area contributed by atoms with Gasteiger partial charge < -0.3 is 9.64 Å². The molecule has 0 N–H and O–H groups in total. The molecule has 1 heterocycles. The Hall–Kier alpha value is -0.0800. The van der Waals surface area contributed by atoms with Gasteiger partial charge in [0, 0.05) is 19.8 Å². The van der Waals surface area contributed by atoms with Gasteiger partial charge in [-0.05, 0) is 45.7 Å². The highest BCUT2D eigenvalue weighted by molar-refractivity contribution is 4.74. The van der Waals surface area contributed by atoms with Crippen LogP contribution in [0.15, 0.2) is 0 Å². The highest BCUT2D eigenvalue weighted by Gasteiger charge is 2.18. The van der Waals surface area contributed by atoms with Crippen LogP contribution >= 0.6 is 0 Å². The molecule has 0 bridgehead atoms. The van der Waals surface area contributed by atoms with E-state index in [2.05, 4.69) is 11.8 Å². The van der Waals surface area contributed by atoms with Gasteiger partial charge in [-0.25, -0.2) is 0 Å². The molecule has 0 spiro atoms. The van der Waals surface area contributed by atoms with E-state index >= 15 is 0 Å². The number of ether oxygens (including phenoxy) is 1. The first-order valence-corrected chi connectivity index (χ1v) is 5.07. The lowest BCUT2D eigenvalue weighted by Crippen LogP contribution is -2.27. The van der Waals surface area contributed by atoms with E-state index in [4.69, 9.17) is 4.74 Å². The Morgan fingerprint density at radius 2 is 2.25 bits per heavy atom. The molecule has 0 radical (unpaired) electrons. The van der Waals surface area contributed by atoms with Crippen molar-refractivity contribution >= 4 is 0 Å². The second-order valence-corrected chi connectivity index (χ2v) is 3.73. The molecule has 2 heteroatoms. The van der Waals surface area contributed by atoms with Crippen molar-refractivity contribution in [3.8, 4) is 0 Å². The molecular weight excluding hydrogens is 150 g/mol. The third kappa shape index (κ3) is 3.11. The molecule has 0 aromatic rings. The number of methoxy groups -OCH3 is 1. The molecule has 0 aromatic heterocycles. The molecule has 1 unspecified atom stereocenters. The molecule has 1 aliphatic rings. The molecule has 1 aliphatic heterocycles. The molecule has 12 heavy (non-hydrogen) atoms. The van der Waals surface area contributed by atoms with Gasteiger partial charge in [0.05, 0.1) is 0 Å². The summed E-state index contributed by atoms with van der Waals surface area (Å²) in [7, 11) is 1.78. The van der Waals surface area contributed by atoms with Crippen molar-refractivity contribution in [1.82, 2.24) is 4.90 Å². The number of likely N-dealkylation sites (tertiary alicyclic amines) is 1. The zero-order chi connectivity index (χ0) is 8.81. The highest BCUT2D eigenvalue weighted by Crippen LogP contribution is 2.16. The first kappa shape index (κ1) is 10.0. The molecular formula is C10H21NO. The smallest absolute Gasteiger partial charge is 0.0462 e. The molecule has 0 amide bonds. The summed E-state index contributed by atoms with van der Waals surface area (Å²) < 4.78 is 5.01. The molecule has 0 aliphatic carbocycles. The Bertz CT molecular complexity index is 116. The Balaban J connectivity index is 1.98. The lowest BCUT2D eigenvalue weighted by molar-refractivity contribution is 0.182. The van der Waals surface area contributed by atoms with Crippen molar-refractivity contribution in [3.63, 3.8) is 0 Å². The van der Waals surface area contributed by atoms with Gasteiger partial charge in [0.15, 0.2) is 0 Å². The van der Waals surface area contributed by atoms with Crippen LogP contribution in [-0.2, 0) is 4.74 Å². The van der Waals surface area contributed by atoms with Gasteiger partial charge in [0.2, 0.25) is 0 Å². The van der Waals surface area contributed by atoms with Crippen molar-refractivity contribution in [2.45, 2.75) is 38.6 Å². The molecule has 1 rings (SSSR count). The van der Waals surface area contributed by atoms with Crippen LogP contribution in [0.25, 0.3) is 0 Å². The van der Waals surface area contributed by atoms with Crippen LogP contribution in [0.3, 0.4) is 0 Å². The number of nitrogens with zero attached hydrogens (tertiary/aromatic N) is 1. The number of rotatable bonds is 5. The summed E-state index contributed by atoms with van der Waals surface area (Å²) in [4.78, 5) is 2.59. The van der Waals surface area contributed by atoms with Crippen LogP contribution in [0.5, 0.6) is 0 Å². The molecule has 1 atom stereocenters. The Morgan fingerprint density at radius 3 is 2.83 bits per heavy atom. The van der Waals surface area contributed by atoms with E-state index in [1.165, 1.54) is 38.8 Å². The van der Waals surface area contributed by atoms with E-state index in [1.54, 1.807) is 7.11 Å². The number of hydrogen-bond donors (Lipinski definition) is 0. The fourth-order valence-electron chi connectivity index (χ4n) is 1.89. The summed E-state index contributed by atoms with van der Waals surface area (Å²) >= 11 is 0. The van der Waals surface area contributed by atoms with Gasteiger partial charge in [-0.1, -0.05) is 0 Å². The fourth-order valence-corrected chi connectivity index (χ4v) is 1.89. The lowest BCUT2D eigenvalue weighted by Gasteiger charge is -2.20. The van der Waals surface area contributed by atoms with Gasteiger partial charge in [-0.15, -0.1) is 0 Å². The van der Waals surface area contributed by atoms with Crippen LogP contribution in [0.2, 0.25) is 0 Å². The summed E-state index contributed by atoms with van der Waals surface area (Å²) in [6, 6.07) is 0.826. The van der Waals surface area contributed by atoms with E-state index in [-0.39, 0.29) is 0 Å². The minimum Gasteiger partial charge on any atom is -0.385 e. The largest absolute Gasteiger partial charge is 0.385 e. The van der Waals surface area contributed by atoms with Gasteiger partial charge >= 0.3 is 0 Å². The van der Waals surface area contributed by atoms with Crippen molar-refractivity contribution in [2.75, 3.05) is 26.8 Å². The van der Waals surface area contributed by atoms with Crippen LogP contribution in [0.4, 0.5) is 0 Å². The summed E-state index contributed by atoms with van der Waals surface area (Å²) in [5.74, 6) is 0. The minimum absolute atomic E-state index is 0.826. The maximum Gasteiger partial charge on any atom is 0.0462 e. The summed E-state index contributed by atoms with van der Waals surface area (Å²) in [5, 5.41) is 0. The van der Waals surface area contributed by atoms with Crippen molar-refractivity contribution < 1.29 is 4.74 Å². The van der Waals surface area contributed by atoms with E-state index in [0.717, 1.165) is 12.6 Å². The van der Waals surface area contributed by atoms with E-state index < -0.39 is 0 Å². The highest BCUT2D eigenvalue weighted by atomic mass is 16.5. The van der Waals surface area contributed by atoms with E-state index in [1.807, 2.05) is 0 Å². The lowest BCUT2D eigenvalue weighted by atomic mass is 10.2. The second-order valence-electron chi connectivity index (χ2n) is 3.73. The first-order valence-electron chi connectivity index (χ1n) is 5.07. The van der Waals surface area contributed by atoms with Crippen molar-refractivity contribution in [1.29, 1.82) is 0 Å². The summed E-state index contributed by atoms with van der Waals surface area (Å²) in [6.45, 7) is 5.84. The Labute approximate surface area is 75.9 Å². The maximum absolute atomic E-state index is 5.01. The predicted molar refractivity (Wildman–Crippen MR) is 51.4 cm³/mol. The van der Waals surface area contributed by atoms with Gasteiger partial charge in [-0.2, -0.15) is 0 Å². The molecule has 72 valence electrons. The zero-order valence-electron chi connectivity index (χ0n) is 8.38. The first-order chi connectivity index (χ1) is 5.84. The van der Waals surface area contributed by atoms with Gasteiger partial charge in [0.25, 0.3) is 0 Å². The molecule has 0 saturated carbocycles. The number of unbranched alkanes of at least 4 members (excludes halogenated alkanes) is 1. The van der Waals surface area contributed by atoms with E-state index in [9.17, 15) is 0 Å². The van der Waals surface area contributed by atoms with Crippen LogP contribution in [0, 0.1) is 0 Å². The van der Waals surface area contributed by atoms with Crippen LogP contribution < -0.4 is 0 Å². The monoisotopic (exact) mass is 171 g/mol. The molecule has 0 aromatic carbocycles. The van der Waals surface area contributed by atoms with Crippen molar-refractivity contribution in [3.05, 3.63) is 0 Å². The third-order valence-electron chi connectivity index (χ3n) is 2.73. The van der Waals surface area contributed by atoms with Gasteiger partial charge in [0.1, 0.15) is 0 Å². The Morgan fingerprint density at radius 1 is 1.42 bits per heavy atom. The number of hydrogen-bond acceptors (Lipinski definition) is 2. The second kappa shape index (κ2) is 5.55. The SMILES string of the molecule is COCCCCN1CCCC1C. The normalized spacial score (nSPS) is 25.0. The van der Waals surface area contributed by atoms with Gasteiger partial charge in [-0.3, -0.25) is 0 Å². The van der Waals surface area contributed by atoms with Crippen LogP contribution in [-0.4, -0.2) is 37.7 Å². The summed E-state index contributed by atoms with van der Waals surface area (Å²) in [5.41, 5.74) is 0. The third-order valence-corrected chi connectivity index (χ3v) is 2.73. The molecule has 1 fully saturated rings. The zero-order valence-corrected chi connectivity index (χ0v) is 8.38. The molecule has 2 nitrogen and oxygen atoms in total.